The summed E-state index contributed by atoms with van der Waals surface area (Å²) in [5.41, 5.74) is 0.800. The van der Waals surface area contributed by atoms with Crippen LogP contribution in [0.2, 0.25) is 0 Å². The fourth-order valence-corrected chi connectivity index (χ4v) is 1.87. The van der Waals surface area contributed by atoms with Gasteiger partial charge in [0.05, 0.1) is 6.61 Å². The highest BCUT2D eigenvalue weighted by atomic mass is 16.5. The number of carbonyl (C=O) groups is 1. The molecule has 2 aromatic rings. The summed E-state index contributed by atoms with van der Waals surface area (Å²) in [6, 6.07) is 3.57. The van der Waals surface area contributed by atoms with E-state index in [1.54, 1.807) is 31.5 Å². The van der Waals surface area contributed by atoms with Crippen LogP contribution in [-0.2, 0) is 9.53 Å². The van der Waals surface area contributed by atoms with Crippen molar-refractivity contribution in [2.24, 2.45) is 0 Å². The van der Waals surface area contributed by atoms with Gasteiger partial charge < -0.3 is 9.26 Å². The van der Waals surface area contributed by atoms with E-state index >= 15 is 0 Å². The highest BCUT2D eigenvalue weighted by molar-refractivity contribution is 5.76. The molecule has 20 heavy (non-hydrogen) atoms. The first-order valence-electron chi connectivity index (χ1n) is 6.66. The molecule has 2 rings (SSSR count). The molecule has 0 aromatic carbocycles. The van der Waals surface area contributed by atoms with Gasteiger partial charge in [0.2, 0.25) is 11.7 Å². The zero-order valence-corrected chi connectivity index (χ0v) is 11.6. The van der Waals surface area contributed by atoms with Gasteiger partial charge in [-0.25, -0.2) is 0 Å². The SMILES string of the molecule is CCCC(C(=O)OCC)c1nc(-c2ccncc2)no1. The van der Waals surface area contributed by atoms with Crippen LogP contribution in [-0.4, -0.2) is 27.7 Å². The Kier molecular flexibility index (Phi) is 4.81. The topological polar surface area (TPSA) is 78.1 Å². The molecule has 1 unspecified atom stereocenters. The standard InChI is InChI=1S/C14H17N3O3/c1-3-5-11(14(18)19-4-2)13-16-12(17-20-13)10-6-8-15-9-7-10/h6-9,11H,3-5H2,1-2H3. The van der Waals surface area contributed by atoms with E-state index in [4.69, 9.17) is 9.26 Å². The number of aromatic nitrogens is 3. The molecule has 0 bridgehead atoms. The maximum atomic E-state index is 11.9. The largest absolute Gasteiger partial charge is 0.465 e. The van der Waals surface area contributed by atoms with Crippen molar-refractivity contribution < 1.29 is 14.1 Å². The predicted octanol–water partition coefficient (Wildman–Crippen LogP) is 2.58. The summed E-state index contributed by atoms with van der Waals surface area (Å²) < 4.78 is 10.3. The third-order valence-electron chi connectivity index (χ3n) is 2.83. The normalized spacial score (nSPS) is 12.1. The zero-order valence-electron chi connectivity index (χ0n) is 11.6. The summed E-state index contributed by atoms with van der Waals surface area (Å²) in [7, 11) is 0. The second-order valence-electron chi connectivity index (χ2n) is 4.29. The van der Waals surface area contributed by atoms with E-state index in [1.165, 1.54) is 0 Å². The van der Waals surface area contributed by atoms with E-state index in [9.17, 15) is 4.79 Å². The number of hydrogen-bond donors (Lipinski definition) is 0. The van der Waals surface area contributed by atoms with Gasteiger partial charge in [-0.1, -0.05) is 18.5 Å². The third-order valence-corrected chi connectivity index (χ3v) is 2.83. The second-order valence-corrected chi connectivity index (χ2v) is 4.29. The number of ether oxygens (including phenoxy) is 1. The molecule has 0 N–H and O–H groups in total. The van der Waals surface area contributed by atoms with Gasteiger partial charge in [-0.2, -0.15) is 4.98 Å². The maximum Gasteiger partial charge on any atom is 0.318 e. The number of rotatable bonds is 6. The molecule has 6 heteroatoms. The lowest BCUT2D eigenvalue weighted by Crippen LogP contribution is -2.16. The van der Waals surface area contributed by atoms with E-state index in [0.29, 0.717) is 24.7 Å². The fourth-order valence-electron chi connectivity index (χ4n) is 1.87. The Hall–Kier alpha value is -2.24. The van der Waals surface area contributed by atoms with E-state index in [-0.39, 0.29) is 5.97 Å². The molecular weight excluding hydrogens is 258 g/mol. The molecule has 1 atom stereocenters. The summed E-state index contributed by atoms with van der Waals surface area (Å²) in [5, 5.41) is 3.91. The summed E-state index contributed by atoms with van der Waals surface area (Å²) in [6.45, 7) is 4.11. The highest BCUT2D eigenvalue weighted by Gasteiger charge is 2.27. The summed E-state index contributed by atoms with van der Waals surface area (Å²) >= 11 is 0. The molecule has 0 radical (unpaired) electrons. The molecule has 2 heterocycles. The van der Waals surface area contributed by atoms with Crippen molar-refractivity contribution in [3.8, 4) is 11.4 Å². The molecule has 0 saturated heterocycles. The Morgan fingerprint density at radius 3 is 2.75 bits per heavy atom. The van der Waals surface area contributed by atoms with Crippen LogP contribution >= 0.6 is 0 Å². The van der Waals surface area contributed by atoms with Gasteiger partial charge in [0, 0.05) is 18.0 Å². The number of carbonyl (C=O) groups excluding carboxylic acids is 1. The Bertz CT molecular complexity index is 554. The number of pyridine rings is 1. The Balaban J connectivity index is 2.23. The van der Waals surface area contributed by atoms with Crippen LogP contribution in [0.3, 0.4) is 0 Å². The fraction of sp³-hybridized carbons (Fsp3) is 0.429. The van der Waals surface area contributed by atoms with Crippen LogP contribution in [0.4, 0.5) is 0 Å². The average molecular weight is 275 g/mol. The lowest BCUT2D eigenvalue weighted by Gasteiger charge is -2.09. The minimum Gasteiger partial charge on any atom is -0.465 e. The van der Waals surface area contributed by atoms with Gasteiger partial charge in [0.1, 0.15) is 5.92 Å². The molecule has 0 aliphatic carbocycles. The van der Waals surface area contributed by atoms with Crippen molar-refractivity contribution in [1.29, 1.82) is 0 Å². The van der Waals surface area contributed by atoms with E-state index in [1.807, 2.05) is 6.92 Å². The Morgan fingerprint density at radius 1 is 1.35 bits per heavy atom. The molecule has 0 fully saturated rings. The number of esters is 1. The zero-order chi connectivity index (χ0) is 14.4. The van der Waals surface area contributed by atoms with Gasteiger partial charge >= 0.3 is 5.97 Å². The lowest BCUT2D eigenvalue weighted by atomic mass is 10.0. The molecule has 6 nitrogen and oxygen atoms in total. The van der Waals surface area contributed by atoms with Crippen molar-refractivity contribution in [1.82, 2.24) is 15.1 Å². The third kappa shape index (κ3) is 3.20. The van der Waals surface area contributed by atoms with Gasteiger partial charge in [-0.15, -0.1) is 0 Å². The first-order chi connectivity index (χ1) is 9.76. The monoisotopic (exact) mass is 275 g/mol. The van der Waals surface area contributed by atoms with Crippen molar-refractivity contribution >= 4 is 5.97 Å². The summed E-state index contributed by atoms with van der Waals surface area (Å²) in [4.78, 5) is 20.2. The molecule has 0 amide bonds. The predicted molar refractivity (Wildman–Crippen MR) is 71.8 cm³/mol. The van der Waals surface area contributed by atoms with Crippen LogP contribution in [0.25, 0.3) is 11.4 Å². The van der Waals surface area contributed by atoms with Crippen molar-refractivity contribution in [2.75, 3.05) is 6.61 Å². The van der Waals surface area contributed by atoms with E-state index < -0.39 is 5.92 Å². The summed E-state index contributed by atoms with van der Waals surface area (Å²) in [6.07, 6.45) is 4.76. The van der Waals surface area contributed by atoms with Crippen LogP contribution < -0.4 is 0 Å². The molecule has 2 aromatic heterocycles. The van der Waals surface area contributed by atoms with Gasteiger partial charge in [0.25, 0.3) is 0 Å². The summed E-state index contributed by atoms with van der Waals surface area (Å²) in [5.74, 6) is -0.0628. The number of nitrogens with zero attached hydrogens (tertiary/aromatic N) is 3. The minimum atomic E-state index is -0.497. The molecule has 0 spiro atoms. The van der Waals surface area contributed by atoms with Crippen molar-refractivity contribution in [2.45, 2.75) is 32.6 Å². The Labute approximate surface area is 117 Å². The maximum absolute atomic E-state index is 11.9. The lowest BCUT2D eigenvalue weighted by molar-refractivity contribution is -0.145. The van der Waals surface area contributed by atoms with E-state index in [2.05, 4.69) is 15.1 Å². The number of hydrogen-bond acceptors (Lipinski definition) is 6. The van der Waals surface area contributed by atoms with Gasteiger partial charge in [-0.05, 0) is 25.5 Å². The molecule has 0 aliphatic rings. The molecule has 0 saturated carbocycles. The Morgan fingerprint density at radius 2 is 2.10 bits per heavy atom. The van der Waals surface area contributed by atoms with Gasteiger partial charge in [-0.3, -0.25) is 9.78 Å². The van der Waals surface area contributed by atoms with Gasteiger partial charge in [0.15, 0.2) is 0 Å². The van der Waals surface area contributed by atoms with Crippen LogP contribution in [0.5, 0.6) is 0 Å². The first kappa shape index (κ1) is 14.2. The van der Waals surface area contributed by atoms with E-state index in [0.717, 1.165) is 12.0 Å². The molecule has 0 aliphatic heterocycles. The van der Waals surface area contributed by atoms with Crippen LogP contribution in [0.1, 0.15) is 38.5 Å². The van der Waals surface area contributed by atoms with Crippen LogP contribution in [0.15, 0.2) is 29.0 Å². The van der Waals surface area contributed by atoms with Crippen molar-refractivity contribution in [3.05, 3.63) is 30.4 Å². The second kappa shape index (κ2) is 6.79. The highest BCUT2D eigenvalue weighted by Crippen LogP contribution is 2.24. The first-order valence-corrected chi connectivity index (χ1v) is 6.66. The smallest absolute Gasteiger partial charge is 0.318 e. The molecular formula is C14H17N3O3. The van der Waals surface area contributed by atoms with Crippen LogP contribution in [0, 0.1) is 0 Å². The average Bonchev–Trinajstić information content (AvgIpc) is 2.95. The van der Waals surface area contributed by atoms with Crippen molar-refractivity contribution in [3.63, 3.8) is 0 Å². The quantitative estimate of drug-likeness (QED) is 0.754. The minimum absolute atomic E-state index is 0.303. The molecule has 106 valence electrons.